The van der Waals surface area contributed by atoms with Gasteiger partial charge in [0, 0.05) is 16.1 Å². The number of hydrogen-bond acceptors (Lipinski definition) is 6. The summed E-state index contributed by atoms with van der Waals surface area (Å²) in [4.78, 5) is 10.6. The van der Waals surface area contributed by atoms with E-state index in [-0.39, 0.29) is 0 Å². The number of hydrogen-bond donors (Lipinski definition) is 1. The van der Waals surface area contributed by atoms with Gasteiger partial charge in [0.15, 0.2) is 5.82 Å². The van der Waals surface area contributed by atoms with Crippen LogP contribution in [0.15, 0.2) is 53.6 Å². The van der Waals surface area contributed by atoms with Crippen LogP contribution in [0.4, 0.5) is 0 Å². The van der Waals surface area contributed by atoms with Gasteiger partial charge in [0.05, 0.1) is 12.2 Å². The highest BCUT2D eigenvalue weighted by atomic mass is 35.5. The summed E-state index contributed by atoms with van der Waals surface area (Å²) in [6.07, 6.45) is 1.51. The van der Waals surface area contributed by atoms with Gasteiger partial charge in [-0.15, -0.1) is 0 Å². The molecule has 1 N–H and O–H groups in total. The molecule has 0 bridgehead atoms. The molecule has 132 valence electrons. The normalized spacial score (nSPS) is 11.0. The Kier molecular flexibility index (Phi) is 5.45. The zero-order valence-corrected chi connectivity index (χ0v) is 14.8. The lowest BCUT2D eigenvalue weighted by Crippen LogP contribution is -2.29. The fraction of sp³-hybridized carbons (Fsp3) is 0.0588. The van der Waals surface area contributed by atoms with E-state index in [1.807, 2.05) is 0 Å². The molecule has 26 heavy (non-hydrogen) atoms. The molecule has 3 aromatic rings. The number of aromatic nitrogens is 3. The van der Waals surface area contributed by atoms with E-state index in [0.717, 1.165) is 5.56 Å². The van der Waals surface area contributed by atoms with Crippen LogP contribution in [0, 0.1) is 4.77 Å². The van der Waals surface area contributed by atoms with Crippen LogP contribution in [0.3, 0.4) is 0 Å². The first kappa shape index (κ1) is 17.8. The quantitative estimate of drug-likeness (QED) is 0.517. The third-order valence-corrected chi connectivity index (χ3v) is 3.85. The molecule has 0 radical (unpaired) electrons. The molecule has 0 saturated heterocycles. The van der Waals surface area contributed by atoms with Crippen molar-refractivity contribution >= 4 is 36.0 Å². The number of rotatable bonds is 6. The zero-order chi connectivity index (χ0) is 18.5. The Morgan fingerprint density at radius 2 is 2.04 bits per heavy atom. The van der Waals surface area contributed by atoms with Crippen LogP contribution >= 0.6 is 23.8 Å². The Balaban J connectivity index is 1.93. The van der Waals surface area contributed by atoms with Gasteiger partial charge < -0.3 is 14.6 Å². The number of aromatic amines is 1. The second-order valence-corrected chi connectivity index (χ2v) is 5.94. The third kappa shape index (κ3) is 4.16. The van der Waals surface area contributed by atoms with Crippen molar-refractivity contribution < 1.29 is 14.6 Å². The lowest BCUT2D eigenvalue weighted by atomic mass is 10.2. The molecule has 3 rings (SSSR count). The van der Waals surface area contributed by atoms with E-state index in [9.17, 15) is 9.90 Å². The van der Waals surface area contributed by atoms with Crippen LogP contribution in [0.2, 0.25) is 5.02 Å². The number of H-pyrrole nitrogens is 1. The van der Waals surface area contributed by atoms with Gasteiger partial charge in [-0.3, -0.25) is 0 Å². The summed E-state index contributed by atoms with van der Waals surface area (Å²) in [7, 11) is 0. The average molecular weight is 388 g/mol. The van der Waals surface area contributed by atoms with E-state index in [4.69, 9.17) is 28.6 Å². The van der Waals surface area contributed by atoms with Crippen molar-refractivity contribution in [1.82, 2.24) is 14.9 Å². The molecule has 1 heterocycles. The summed E-state index contributed by atoms with van der Waals surface area (Å²) in [5.74, 6) is -0.432. The van der Waals surface area contributed by atoms with Gasteiger partial charge in [0.1, 0.15) is 12.4 Å². The van der Waals surface area contributed by atoms with E-state index in [2.05, 4.69) is 15.3 Å². The zero-order valence-electron chi connectivity index (χ0n) is 13.3. The highest BCUT2D eigenvalue weighted by Gasteiger charge is 2.08. The molecule has 2 aromatic carbocycles. The highest BCUT2D eigenvalue weighted by molar-refractivity contribution is 7.71. The lowest BCUT2D eigenvalue weighted by Gasteiger charge is -2.09. The molecule has 7 nitrogen and oxygen atoms in total. The van der Waals surface area contributed by atoms with Crippen molar-refractivity contribution in [2.45, 2.75) is 0 Å². The van der Waals surface area contributed by atoms with Crippen molar-refractivity contribution in [3.8, 4) is 17.1 Å². The number of nitrogens with zero attached hydrogens (tertiary/aromatic N) is 3. The minimum absolute atomic E-state index is 0.305. The molecule has 0 aliphatic carbocycles. The minimum atomic E-state index is -1.31. The Labute approximate surface area is 158 Å². The number of aliphatic carboxylic acids is 1. The monoisotopic (exact) mass is 387 g/mol. The average Bonchev–Trinajstić information content (AvgIpc) is 3.00. The summed E-state index contributed by atoms with van der Waals surface area (Å²) < 4.78 is 6.96. The third-order valence-electron chi connectivity index (χ3n) is 3.33. The van der Waals surface area contributed by atoms with Gasteiger partial charge in [0.2, 0.25) is 4.77 Å². The number of benzene rings is 2. The fourth-order valence-corrected chi connectivity index (χ4v) is 2.47. The van der Waals surface area contributed by atoms with Crippen molar-refractivity contribution in [2.75, 3.05) is 6.61 Å². The van der Waals surface area contributed by atoms with Crippen LogP contribution in [-0.2, 0) is 4.79 Å². The summed E-state index contributed by atoms with van der Waals surface area (Å²) in [6.45, 7) is -0.550. The topological polar surface area (TPSA) is 95.3 Å². The van der Waals surface area contributed by atoms with Crippen LogP contribution in [0.25, 0.3) is 11.4 Å². The summed E-state index contributed by atoms with van der Waals surface area (Å²) >= 11 is 11.1. The molecule has 0 amide bonds. The second-order valence-electron chi connectivity index (χ2n) is 5.11. The largest absolute Gasteiger partial charge is 0.546 e. The maximum absolute atomic E-state index is 10.6. The number of carboxylic acids is 1. The van der Waals surface area contributed by atoms with Gasteiger partial charge in [-0.2, -0.15) is 14.9 Å². The number of ether oxygens (including phenoxy) is 1. The van der Waals surface area contributed by atoms with E-state index in [1.54, 1.807) is 48.5 Å². The van der Waals surface area contributed by atoms with Crippen molar-refractivity contribution in [2.24, 2.45) is 5.10 Å². The van der Waals surface area contributed by atoms with Gasteiger partial charge in [0.25, 0.3) is 0 Å². The molecular formula is C17H12ClN4O3S-. The Hall–Kier alpha value is -2.97. The first-order chi connectivity index (χ1) is 12.5. The smallest absolute Gasteiger partial charge is 0.216 e. The summed E-state index contributed by atoms with van der Waals surface area (Å²) in [5.41, 5.74) is 1.36. The number of carbonyl (C=O) groups excluding carboxylic acids is 1. The number of para-hydroxylation sites is 1. The number of carbonyl (C=O) groups is 1. The SMILES string of the molecule is O=C([O-])COc1ccccc1/C=N\n1c(-c2ccc(Cl)cc2)n[nH]c1=S. The Morgan fingerprint density at radius 1 is 1.31 bits per heavy atom. The number of halogens is 1. The van der Waals surface area contributed by atoms with E-state index in [0.29, 0.717) is 26.9 Å². The van der Waals surface area contributed by atoms with Gasteiger partial charge in [-0.1, -0.05) is 23.7 Å². The molecule has 0 unspecified atom stereocenters. The maximum Gasteiger partial charge on any atom is 0.216 e. The van der Waals surface area contributed by atoms with E-state index in [1.165, 1.54) is 10.9 Å². The van der Waals surface area contributed by atoms with Crippen molar-refractivity contribution in [3.05, 3.63) is 63.9 Å². The minimum Gasteiger partial charge on any atom is -0.546 e. The van der Waals surface area contributed by atoms with Crippen LogP contribution in [-0.4, -0.2) is 33.7 Å². The van der Waals surface area contributed by atoms with Gasteiger partial charge >= 0.3 is 0 Å². The number of carboxylic acid groups (broad SMARTS) is 1. The standard InChI is InChI=1S/C17H13ClN4O3S/c18-13-7-5-11(6-8-13)16-20-21-17(26)22(16)19-9-12-3-1-2-4-14(12)25-10-15(23)24/h1-9H,10H2,(H,21,26)(H,23,24)/p-1/b19-9-. The molecular weight excluding hydrogens is 376 g/mol. The molecule has 0 fully saturated rings. The second kappa shape index (κ2) is 7.94. The van der Waals surface area contributed by atoms with Crippen molar-refractivity contribution in [3.63, 3.8) is 0 Å². The van der Waals surface area contributed by atoms with E-state index >= 15 is 0 Å². The van der Waals surface area contributed by atoms with Crippen LogP contribution in [0.1, 0.15) is 5.56 Å². The summed E-state index contributed by atoms with van der Waals surface area (Å²) in [6, 6.07) is 14.0. The Bertz CT molecular complexity index is 1010. The maximum atomic E-state index is 10.6. The predicted molar refractivity (Wildman–Crippen MR) is 97.8 cm³/mol. The number of nitrogens with one attached hydrogen (secondary N) is 1. The Morgan fingerprint density at radius 3 is 2.77 bits per heavy atom. The van der Waals surface area contributed by atoms with E-state index < -0.39 is 12.6 Å². The first-order valence-electron chi connectivity index (χ1n) is 7.44. The fourth-order valence-electron chi connectivity index (χ4n) is 2.16. The first-order valence-corrected chi connectivity index (χ1v) is 8.22. The van der Waals surface area contributed by atoms with Crippen molar-refractivity contribution in [1.29, 1.82) is 0 Å². The molecule has 0 aliphatic heterocycles. The molecule has 0 atom stereocenters. The molecule has 0 aliphatic rings. The van der Waals surface area contributed by atoms with Crippen LogP contribution < -0.4 is 9.84 Å². The molecule has 1 aromatic heterocycles. The predicted octanol–water partition coefficient (Wildman–Crippen LogP) is 2.27. The summed E-state index contributed by atoms with van der Waals surface area (Å²) in [5, 5.41) is 22.4. The highest BCUT2D eigenvalue weighted by Crippen LogP contribution is 2.20. The molecule has 0 saturated carbocycles. The lowest BCUT2D eigenvalue weighted by molar-refractivity contribution is -0.307. The van der Waals surface area contributed by atoms with Gasteiger partial charge in [-0.25, -0.2) is 5.10 Å². The van der Waals surface area contributed by atoms with Gasteiger partial charge in [-0.05, 0) is 48.6 Å². The molecule has 9 heteroatoms. The molecule has 0 spiro atoms. The van der Waals surface area contributed by atoms with Crippen LogP contribution in [0.5, 0.6) is 5.75 Å².